The van der Waals surface area contributed by atoms with Gasteiger partial charge in [-0.2, -0.15) is 0 Å². The van der Waals surface area contributed by atoms with Gasteiger partial charge in [0.2, 0.25) is 11.9 Å². The smallest absolute Gasteiger partial charge is 0.253 e. The third kappa shape index (κ3) is 2.88. The number of carbonyl (C=O) groups is 2. The lowest BCUT2D eigenvalue weighted by Gasteiger charge is -2.10. The Balaban J connectivity index is 2.16. The zero-order valence-corrected chi connectivity index (χ0v) is 11.3. The highest BCUT2D eigenvalue weighted by atomic mass is 35.5. The number of anilines is 1. The summed E-state index contributed by atoms with van der Waals surface area (Å²) in [6.45, 7) is 0. The van der Waals surface area contributed by atoms with Crippen molar-refractivity contribution in [2.45, 2.75) is 12.5 Å². The first-order chi connectivity index (χ1) is 9.43. The van der Waals surface area contributed by atoms with Crippen LogP contribution >= 0.6 is 11.6 Å². The van der Waals surface area contributed by atoms with Crippen LogP contribution in [0.1, 0.15) is 16.8 Å². The average Bonchev–Trinajstić information content (AvgIpc) is 3.18. The minimum Gasteiger partial charge on any atom is -0.355 e. The van der Waals surface area contributed by atoms with Crippen molar-refractivity contribution in [1.29, 1.82) is 0 Å². The van der Waals surface area contributed by atoms with E-state index < -0.39 is 22.8 Å². The predicted molar refractivity (Wildman–Crippen MR) is 72.4 cm³/mol. The molecule has 0 saturated heterocycles. The van der Waals surface area contributed by atoms with Gasteiger partial charge in [0, 0.05) is 23.4 Å². The van der Waals surface area contributed by atoms with Gasteiger partial charge in [-0.15, -0.1) is 0 Å². The molecule has 1 aliphatic rings. The maximum absolute atomic E-state index is 11.9. The summed E-state index contributed by atoms with van der Waals surface area (Å²) in [5, 5.41) is 15.9. The summed E-state index contributed by atoms with van der Waals surface area (Å²) in [4.78, 5) is 33.6. The van der Waals surface area contributed by atoms with Crippen molar-refractivity contribution in [3.05, 3.63) is 38.9 Å². The van der Waals surface area contributed by atoms with E-state index in [0.29, 0.717) is 5.02 Å². The third-order valence-corrected chi connectivity index (χ3v) is 3.31. The fourth-order valence-corrected chi connectivity index (χ4v) is 2.05. The summed E-state index contributed by atoms with van der Waals surface area (Å²) in [7, 11) is 1.46. The number of rotatable bonds is 4. The molecule has 7 nitrogen and oxygen atoms in total. The van der Waals surface area contributed by atoms with E-state index in [2.05, 4.69) is 10.6 Å². The molecule has 1 fully saturated rings. The molecule has 0 aliphatic heterocycles. The van der Waals surface area contributed by atoms with E-state index in [0.717, 1.165) is 0 Å². The SMILES string of the molecule is CNC(=O)c1ccc(Cl)cc1NC(=O)[C@H]1C[C@@H]1[N+](=O)[O-]. The van der Waals surface area contributed by atoms with Gasteiger partial charge >= 0.3 is 0 Å². The predicted octanol–water partition coefficient (Wildman–Crippen LogP) is 1.30. The monoisotopic (exact) mass is 297 g/mol. The van der Waals surface area contributed by atoms with Gasteiger partial charge in [0.25, 0.3) is 5.91 Å². The molecule has 0 unspecified atom stereocenters. The molecule has 8 heteroatoms. The van der Waals surface area contributed by atoms with E-state index in [9.17, 15) is 19.7 Å². The van der Waals surface area contributed by atoms with Crippen LogP contribution in [0.25, 0.3) is 0 Å². The number of benzene rings is 1. The topological polar surface area (TPSA) is 101 Å². The molecular formula is C12H12ClN3O4. The van der Waals surface area contributed by atoms with Gasteiger partial charge in [0.15, 0.2) is 0 Å². The fourth-order valence-electron chi connectivity index (χ4n) is 1.87. The van der Waals surface area contributed by atoms with Gasteiger partial charge in [-0.3, -0.25) is 19.7 Å². The van der Waals surface area contributed by atoms with Gasteiger partial charge in [0.05, 0.1) is 11.3 Å². The van der Waals surface area contributed by atoms with Crippen molar-refractivity contribution in [3.63, 3.8) is 0 Å². The molecule has 2 N–H and O–H groups in total. The van der Waals surface area contributed by atoms with Gasteiger partial charge in [-0.05, 0) is 18.2 Å². The number of carbonyl (C=O) groups excluding carboxylic acids is 2. The van der Waals surface area contributed by atoms with Gasteiger partial charge in [0.1, 0.15) is 5.92 Å². The molecule has 1 aromatic carbocycles. The van der Waals surface area contributed by atoms with Crippen LogP contribution in [0.15, 0.2) is 18.2 Å². The normalized spacial score (nSPS) is 20.1. The molecule has 20 heavy (non-hydrogen) atoms. The van der Waals surface area contributed by atoms with E-state index in [1.54, 1.807) is 0 Å². The molecule has 2 amide bonds. The van der Waals surface area contributed by atoms with Gasteiger partial charge in [-0.1, -0.05) is 11.6 Å². The number of halogens is 1. The van der Waals surface area contributed by atoms with Crippen molar-refractivity contribution in [2.24, 2.45) is 5.92 Å². The molecule has 1 aromatic rings. The number of nitrogens with zero attached hydrogens (tertiary/aromatic N) is 1. The highest BCUT2D eigenvalue weighted by Crippen LogP contribution is 2.34. The lowest BCUT2D eigenvalue weighted by Crippen LogP contribution is -2.23. The van der Waals surface area contributed by atoms with Gasteiger partial charge in [-0.25, -0.2) is 0 Å². The zero-order chi connectivity index (χ0) is 14.9. The molecule has 1 saturated carbocycles. The minimum atomic E-state index is -0.836. The lowest BCUT2D eigenvalue weighted by atomic mass is 10.1. The first kappa shape index (κ1) is 14.3. The Bertz CT molecular complexity index is 590. The molecule has 0 aromatic heterocycles. The number of hydrogen-bond donors (Lipinski definition) is 2. The highest BCUT2D eigenvalue weighted by Gasteiger charge is 2.53. The Morgan fingerprint density at radius 1 is 1.45 bits per heavy atom. The van der Waals surface area contributed by atoms with Crippen molar-refractivity contribution in [1.82, 2.24) is 5.32 Å². The second kappa shape index (κ2) is 5.46. The van der Waals surface area contributed by atoms with E-state index in [-0.39, 0.29) is 23.6 Å². The average molecular weight is 298 g/mol. The molecule has 2 atom stereocenters. The summed E-state index contributed by atoms with van der Waals surface area (Å²) in [5.41, 5.74) is 0.499. The van der Waals surface area contributed by atoms with E-state index in [1.165, 1.54) is 25.2 Å². The minimum absolute atomic E-state index is 0.217. The maximum atomic E-state index is 11.9. The van der Waals surface area contributed by atoms with Crippen LogP contribution in [0.4, 0.5) is 5.69 Å². The Hall–Kier alpha value is -2.15. The van der Waals surface area contributed by atoms with E-state index >= 15 is 0 Å². The largest absolute Gasteiger partial charge is 0.355 e. The first-order valence-electron chi connectivity index (χ1n) is 5.90. The number of nitro groups is 1. The molecule has 1 aliphatic carbocycles. The summed E-state index contributed by atoms with van der Waals surface area (Å²) in [6, 6.07) is 3.61. The summed E-state index contributed by atoms with van der Waals surface area (Å²) in [5.74, 6) is -1.50. The van der Waals surface area contributed by atoms with Crippen molar-refractivity contribution in [2.75, 3.05) is 12.4 Å². The van der Waals surface area contributed by atoms with Crippen molar-refractivity contribution >= 4 is 29.1 Å². The molecule has 106 valence electrons. The Labute approximate surface area is 119 Å². The number of nitrogens with one attached hydrogen (secondary N) is 2. The van der Waals surface area contributed by atoms with E-state index in [1.807, 2.05) is 0 Å². The summed E-state index contributed by atoms with van der Waals surface area (Å²) in [6.07, 6.45) is 0.217. The van der Waals surface area contributed by atoms with E-state index in [4.69, 9.17) is 11.6 Å². The molecule has 2 rings (SSSR count). The van der Waals surface area contributed by atoms with Crippen molar-refractivity contribution < 1.29 is 14.5 Å². The van der Waals surface area contributed by atoms with Crippen LogP contribution < -0.4 is 10.6 Å². The second-order valence-electron chi connectivity index (χ2n) is 4.45. The van der Waals surface area contributed by atoms with Gasteiger partial charge < -0.3 is 10.6 Å². The number of hydrogen-bond acceptors (Lipinski definition) is 4. The molecule has 0 bridgehead atoms. The van der Waals surface area contributed by atoms with Crippen LogP contribution in [0.3, 0.4) is 0 Å². The standard InChI is InChI=1S/C12H12ClN3O4/c1-14-11(17)7-3-2-6(13)4-9(7)15-12(18)8-5-10(8)16(19)20/h2-4,8,10H,5H2,1H3,(H,14,17)(H,15,18)/t8-,10-/m0/s1. The Morgan fingerprint density at radius 3 is 2.70 bits per heavy atom. The van der Waals surface area contributed by atoms with Crippen LogP contribution in [0, 0.1) is 16.0 Å². The Kier molecular flexibility index (Phi) is 3.89. The second-order valence-corrected chi connectivity index (χ2v) is 4.89. The first-order valence-corrected chi connectivity index (χ1v) is 6.28. The quantitative estimate of drug-likeness (QED) is 0.646. The lowest BCUT2D eigenvalue weighted by molar-refractivity contribution is -0.497. The van der Waals surface area contributed by atoms with Crippen LogP contribution in [-0.2, 0) is 4.79 Å². The van der Waals surface area contributed by atoms with Crippen molar-refractivity contribution in [3.8, 4) is 0 Å². The summed E-state index contributed by atoms with van der Waals surface area (Å²) < 4.78 is 0. The zero-order valence-electron chi connectivity index (χ0n) is 10.6. The Morgan fingerprint density at radius 2 is 2.15 bits per heavy atom. The third-order valence-electron chi connectivity index (χ3n) is 3.08. The summed E-state index contributed by atoms with van der Waals surface area (Å²) >= 11 is 5.83. The molecule has 0 spiro atoms. The van der Waals surface area contributed by atoms with Crippen LogP contribution in [-0.4, -0.2) is 29.8 Å². The maximum Gasteiger partial charge on any atom is 0.253 e. The number of amides is 2. The fraction of sp³-hybridized carbons (Fsp3) is 0.333. The molecule has 0 heterocycles. The van der Waals surface area contributed by atoms with Crippen LogP contribution in [0.5, 0.6) is 0 Å². The van der Waals surface area contributed by atoms with Crippen LogP contribution in [0.2, 0.25) is 5.02 Å². The highest BCUT2D eigenvalue weighted by molar-refractivity contribution is 6.31. The molecular weight excluding hydrogens is 286 g/mol. The molecule has 0 radical (unpaired) electrons.